The summed E-state index contributed by atoms with van der Waals surface area (Å²) in [6.45, 7) is 0. The third-order valence-corrected chi connectivity index (χ3v) is 4.03. The van der Waals surface area contributed by atoms with Crippen LogP contribution in [0.5, 0.6) is 0 Å². The van der Waals surface area contributed by atoms with E-state index < -0.39 is 0 Å². The zero-order chi connectivity index (χ0) is 13.5. The number of hydrazone groups is 1. The Morgan fingerprint density at radius 1 is 1.61 bits per heavy atom. The normalized spacial score (nSPS) is 18.5. The molecule has 1 aliphatic rings. The number of allylic oxidation sites excluding steroid dienone is 1. The van der Waals surface area contributed by atoms with Crippen molar-refractivity contribution < 1.29 is 0 Å². The van der Waals surface area contributed by atoms with Gasteiger partial charge in [0.2, 0.25) is 0 Å². The second kappa shape index (κ2) is 7.88. The van der Waals surface area contributed by atoms with Crippen molar-refractivity contribution in [3.05, 3.63) is 11.8 Å². The highest BCUT2D eigenvalue weighted by atomic mass is 127. The lowest BCUT2D eigenvalue weighted by Crippen LogP contribution is -2.19. The fourth-order valence-electron chi connectivity index (χ4n) is 1.44. The predicted octanol–water partition coefficient (Wildman–Crippen LogP) is 2.55. The molecule has 4 N–H and O–H groups in total. The Morgan fingerprint density at radius 3 is 2.67 bits per heavy atom. The third kappa shape index (κ3) is 4.68. The van der Waals surface area contributed by atoms with Crippen LogP contribution in [0.25, 0.3) is 0 Å². The van der Waals surface area contributed by atoms with Gasteiger partial charge in [-0.3, -0.25) is 10.4 Å². The summed E-state index contributed by atoms with van der Waals surface area (Å²) in [7, 11) is 1.71. The van der Waals surface area contributed by atoms with Gasteiger partial charge in [0.1, 0.15) is 8.34 Å². The molecule has 5 nitrogen and oxygen atoms in total. The molecule has 0 bridgehead atoms. The monoisotopic (exact) mass is 425 g/mol. The van der Waals surface area contributed by atoms with E-state index in [-0.39, 0.29) is 0 Å². The van der Waals surface area contributed by atoms with Crippen molar-refractivity contribution in [3.63, 3.8) is 0 Å². The van der Waals surface area contributed by atoms with Gasteiger partial charge < -0.3 is 11.2 Å². The van der Waals surface area contributed by atoms with Crippen LogP contribution < -0.4 is 11.2 Å². The summed E-state index contributed by atoms with van der Waals surface area (Å²) in [5.74, 6) is 0. The van der Waals surface area contributed by atoms with E-state index in [0.29, 0.717) is 21.9 Å². The maximum atomic E-state index is 7.65. The van der Waals surface area contributed by atoms with Crippen LogP contribution in [0, 0.1) is 5.41 Å². The van der Waals surface area contributed by atoms with Gasteiger partial charge in [0, 0.05) is 25.2 Å². The van der Waals surface area contributed by atoms with Gasteiger partial charge in [-0.05, 0) is 57.8 Å². The topological polar surface area (TPSA) is 86.6 Å². The van der Waals surface area contributed by atoms with Crippen molar-refractivity contribution in [3.8, 4) is 0 Å². The van der Waals surface area contributed by atoms with E-state index in [1.54, 1.807) is 7.05 Å². The van der Waals surface area contributed by atoms with Gasteiger partial charge in [-0.15, -0.1) is 0 Å². The number of halogens is 2. The Labute approximate surface area is 129 Å². The molecule has 100 valence electrons. The Hall–Kier alpha value is -0.440. The van der Waals surface area contributed by atoms with Crippen molar-refractivity contribution in [2.45, 2.75) is 31.7 Å². The third-order valence-electron chi connectivity index (χ3n) is 2.69. The second-order valence-corrected chi connectivity index (χ2v) is 5.80. The van der Waals surface area contributed by atoms with E-state index in [9.17, 15) is 0 Å². The van der Waals surface area contributed by atoms with Crippen molar-refractivity contribution in [1.82, 2.24) is 5.43 Å². The maximum Gasteiger partial charge on any atom is 0.116 e. The lowest BCUT2D eigenvalue weighted by atomic mass is 9.94. The van der Waals surface area contributed by atoms with Crippen molar-refractivity contribution >= 4 is 52.6 Å². The Bertz CT molecular complexity index is 398. The number of rotatable bonds is 6. The van der Waals surface area contributed by atoms with Crippen LogP contribution in [0.2, 0.25) is 0 Å². The minimum atomic E-state index is 0.394. The molecule has 0 aromatic heterocycles. The molecule has 0 aliphatic heterocycles. The van der Waals surface area contributed by atoms with E-state index in [1.807, 2.05) is 22.6 Å². The number of aliphatic imine (C=N–C) groups is 1. The lowest BCUT2D eigenvalue weighted by molar-refractivity contribution is 0.421. The summed E-state index contributed by atoms with van der Waals surface area (Å²) in [5, 5.41) is 11.7. The summed E-state index contributed by atoms with van der Waals surface area (Å²) in [4.78, 5) is 4.56. The number of nitrogens with two attached hydrogens (primary N) is 1. The fraction of sp³-hybridized carbons (Fsp3) is 0.545. The molecule has 7 heteroatoms. The first kappa shape index (κ1) is 15.6. The molecule has 0 aromatic rings. The summed E-state index contributed by atoms with van der Waals surface area (Å²) >= 11 is 5.40. The van der Waals surface area contributed by atoms with Gasteiger partial charge in [-0.25, -0.2) is 0 Å². The minimum absolute atomic E-state index is 0.394. The molecule has 0 unspecified atom stereocenters. The van der Waals surface area contributed by atoms with Crippen LogP contribution >= 0.6 is 38.5 Å². The Morgan fingerprint density at radius 2 is 2.28 bits per heavy atom. The van der Waals surface area contributed by atoms with Crippen LogP contribution in [0.4, 0.5) is 0 Å². The molecule has 0 atom stereocenters. The Balaban J connectivity index is 2.74. The molecule has 0 spiro atoms. The first-order chi connectivity index (χ1) is 8.58. The lowest BCUT2D eigenvalue weighted by Gasteiger charge is -2.21. The predicted molar refractivity (Wildman–Crippen MR) is 89.1 cm³/mol. The highest BCUT2D eigenvalue weighted by molar-refractivity contribution is 14.1. The molecule has 1 fully saturated rings. The summed E-state index contributed by atoms with van der Waals surface area (Å²) in [5.41, 5.74) is 9.84. The molecule has 0 saturated heterocycles. The van der Waals surface area contributed by atoms with E-state index in [4.69, 9.17) is 11.1 Å². The molecule has 1 saturated carbocycles. The zero-order valence-electron chi connectivity index (χ0n) is 10.2. The first-order valence-electron chi connectivity index (χ1n) is 5.70. The van der Waals surface area contributed by atoms with E-state index in [2.05, 4.69) is 31.4 Å². The molecular formula is C11H17BrIN5. The number of hydrogen-bond donors (Lipinski definition) is 3. The average molecular weight is 426 g/mol. The van der Waals surface area contributed by atoms with Crippen molar-refractivity contribution in [2.75, 3.05) is 7.05 Å². The van der Waals surface area contributed by atoms with Gasteiger partial charge in [-0.1, -0.05) is 0 Å². The molecule has 1 rings (SSSR count). The van der Waals surface area contributed by atoms with E-state index >= 15 is 0 Å². The largest absolute Gasteiger partial charge is 0.404 e. The molecule has 18 heavy (non-hydrogen) atoms. The van der Waals surface area contributed by atoms with Gasteiger partial charge >= 0.3 is 0 Å². The van der Waals surface area contributed by atoms with E-state index in [0.717, 1.165) is 23.0 Å². The number of hydrogen-bond acceptors (Lipinski definition) is 5. The molecular weight excluding hydrogens is 409 g/mol. The van der Waals surface area contributed by atoms with Gasteiger partial charge in [-0.2, -0.15) is 5.10 Å². The highest BCUT2D eigenvalue weighted by Crippen LogP contribution is 2.24. The van der Waals surface area contributed by atoms with Gasteiger partial charge in [0.15, 0.2) is 0 Å². The Kier molecular flexibility index (Phi) is 6.83. The van der Waals surface area contributed by atoms with Crippen LogP contribution in [-0.4, -0.2) is 27.1 Å². The van der Waals surface area contributed by atoms with E-state index in [1.165, 1.54) is 12.6 Å². The molecule has 1 aliphatic carbocycles. The summed E-state index contributed by atoms with van der Waals surface area (Å²) < 4.78 is 1.17. The second-order valence-electron chi connectivity index (χ2n) is 3.97. The first-order valence-corrected chi connectivity index (χ1v) is 7.57. The van der Waals surface area contributed by atoms with Crippen molar-refractivity contribution in [2.24, 2.45) is 15.8 Å². The van der Waals surface area contributed by atoms with Crippen molar-refractivity contribution in [1.29, 1.82) is 5.41 Å². The van der Waals surface area contributed by atoms with Crippen LogP contribution in [0.3, 0.4) is 0 Å². The zero-order valence-corrected chi connectivity index (χ0v) is 14.0. The summed E-state index contributed by atoms with van der Waals surface area (Å²) in [6.07, 6.45) is 5.56. The van der Waals surface area contributed by atoms with Crippen LogP contribution in [0.1, 0.15) is 25.7 Å². The van der Waals surface area contributed by atoms with Gasteiger partial charge in [0.05, 0.1) is 11.8 Å². The quantitative estimate of drug-likeness (QED) is 0.347. The molecule has 0 amide bonds. The smallest absolute Gasteiger partial charge is 0.116 e. The fourth-order valence-corrected chi connectivity index (χ4v) is 2.31. The molecule has 0 radical (unpaired) electrons. The molecule has 0 aromatic carbocycles. The van der Waals surface area contributed by atoms with Gasteiger partial charge in [0.25, 0.3) is 0 Å². The SMILES string of the molecule is CN/N=C(/CC(=CN)C(Br)=NC1CCC1)C(=N)I. The average Bonchev–Trinajstić information content (AvgIpc) is 2.28. The van der Waals surface area contributed by atoms with Crippen LogP contribution in [-0.2, 0) is 0 Å². The highest BCUT2D eigenvalue weighted by Gasteiger charge is 2.18. The number of nitrogens with zero attached hydrogens (tertiary/aromatic N) is 2. The number of nitrogens with one attached hydrogen (secondary N) is 2. The minimum Gasteiger partial charge on any atom is -0.404 e. The standard InChI is InChI=1S/C11H17BrIN5/c1-16-18-9(11(13)15)5-7(6-14)10(12)17-8-3-2-4-8/h6,8,15-16H,2-5,14H2,1H3/b7-6?,15-11?,17-10?,18-9-. The maximum absolute atomic E-state index is 7.65. The summed E-state index contributed by atoms with van der Waals surface area (Å²) in [6, 6.07) is 0.415. The van der Waals surface area contributed by atoms with Crippen LogP contribution in [0.15, 0.2) is 21.9 Å². The molecule has 0 heterocycles.